The quantitative estimate of drug-likeness (QED) is 0.749. The second kappa shape index (κ2) is 7.20. The molecule has 2 aromatic rings. The zero-order chi connectivity index (χ0) is 14.4. The molecule has 0 fully saturated rings. The van der Waals surface area contributed by atoms with E-state index in [1.54, 1.807) is 0 Å². The maximum Gasteiger partial charge on any atom is 0.0669 e. The minimum atomic E-state index is -0.375. The second-order valence-corrected chi connectivity index (χ2v) is 6.07. The number of hydrogen-bond acceptors (Lipinski definition) is 2. The van der Waals surface area contributed by atoms with Gasteiger partial charge in [-0.3, -0.25) is 0 Å². The first-order valence-electron chi connectivity index (χ1n) is 6.86. The van der Waals surface area contributed by atoms with Crippen molar-refractivity contribution in [1.82, 2.24) is 5.32 Å². The summed E-state index contributed by atoms with van der Waals surface area (Å²) in [6, 6.07) is 18.5. The number of aliphatic hydroxyl groups is 1. The molecule has 0 radical (unpaired) electrons. The van der Waals surface area contributed by atoms with Crippen molar-refractivity contribution in [2.24, 2.45) is 0 Å². The molecule has 0 bridgehead atoms. The van der Waals surface area contributed by atoms with E-state index in [0.717, 1.165) is 18.5 Å². The van der Waals surface area contributed by atoms with Crippen molar-refractivity contribution >= 4 is 22.6 Å². The summed E-state index contributed by atoms with van der Waals surface area (Å²) in [6.07, 6.45) is 0.844. The Morgan fingerprint density at radius 1 is 1.05 bits per heavy atom. The molecular formula is C17H20INO. The maximum absolute atomic E-state index is 9.91. The van der Waals surface area contributed by atoms with E-state index >= 15 is 0 Å². The van der Waals surface area contributed by atoms with Crippen molar-refractivity contribution in [3.63, 3.8) is 0 Å². The SMILES string of the molecule is CC[C@@](CO)(NCc1ccccc1I)c1ccccc1. The predicted octanol–water partition coefficient (Wildman–Crippen LogP) is 3.68. The fraction of sp³-hybridized carbons (Fsp3) is 0.294. The summed E-state index contributed by atoms with van der Waals surface area (Å²) in [5.74, 6) is 0. The minimum absolute atomic E-state index is 0.0942. The maximum atomic E-state index is 9.91. The van der Waals surface area contributed by atoms with Gasteiger partial charge in [0.15, 0.2) is 0 Å². The number of hydrogen-bond donors (Lipinski definition) is 2. The Labute approximate surface area is 134 Å². The first-order chi connectivity index (χ1) is 9.72. The van der Waals surface area contributed by atoms with Crippen LogP contribution in [0.15, 0.2) is 54.6 Å². The van der Waals surface area contributed by atoms with E-state index < -0.39 is 0 Å². The van der Waals surface area contributed by atoms with Crippen LogP contribution in [0.3, 0.4) is 0 Å². The van der Waals surface area contributed by atoms with Gasteiger partial charge in [0.25, 0.3) is 0 Å². The van der Waals surface area contributed by atoms with Crippen molar-refractivity contribution in [2.45, 2.75) is 25.4 Å². The van der Waals surface area contributed by atoms with Gasteiger partial charge in [-0.2, -0.15) is 0 Å². The molecular weight excluding hydrogens is 361 g/mol. The van der Waals surface area contributed by atoms with Gasteiger partial charge in [0, 0.05) is 10.1 Å². The third-order valence-corrected chi connectivity index (χ3v) is 4.83. The first-order valence-corrected chi connectivity index (χ1v) is 7.94. The molecule has 20 heavy (non-hydrogen) atoms. The van der Waals surface area contributed by atoms with Crippen LogP contribution in [0.5, 0.6) is 0 Å². The van der Waals surface area contributed by atoms with Gasteiger partial charge in [0.2, 0.25) is 0 Å². The summed E-state index contributed by atoms with van der Waals surface area (Å²) < 4.78 is 1.24. The summed E-state index contributed by atoms with van der Waals surface area (Å²) in [5.41, 5.74) is 2.02. The summed E-state index contributed by atoms with van der Waals surface area (Å²) in [6.45, 7) is 2.95. The van der Waals surface area contributed by atoms with Crippen LogP contribution in [0.4, 0.5) is 0 Å². The standard InChI is InChI=1S/C17H20INO/c1-2-17(13-20,15-9-4-3-5-10-15)19-12-14-8-6-7-11-16(14)18/h3-11,19-20H,2,12-13H2,1H3/t17-/m0/s1. The van der Waals surface area contributed by atoms with Gasteiger partial charge in [-0.1, -0.05) is 55.5 Å². The van der Waals surface area contributed by atoms with Crippen LogP contribution < -0.4 is 5.32 Å². The zero-order valence-electron chi connectivity index (χ0n) is 11.6. The molecule has 0 amide bonds. The van der Waals surface area contributed by atoms with Crippen LogP contribution in [0, 0.1) is 3.57 Å². The second-order valence-electron chi connectivity index (χ2n) is 4.90. The van der Waals surface area contributed by atoms with Crippen molar-refractivity contribution in [2.75, 3.05) is 6.61 Å². The number of halogens is 1. The average molecular weight is 381 g/mol. The van der Waals surface area contributed by atoms with Crippen LogP contribution in [0.25, 0.3) is 0 Å². The molecule has 0 unspecified atom stereocenters. The van der Waals surface area contributed by atoms with E-state index in [2.05, 4.69) is 59.1 Å². The topological polar surface area (TPSA) is 32.3 Å². The zero-order valence-corrected chi connectivity index (χ0v) is 13.8. The fourth-order valence-electron chi connectivity index (χ4n) is 2.35. The molecule has 0 aliphatic heterocycles. The van der Waals surface area contributed by atoms with E-state index in [1.165, 1.54) is 9.13 Å². The van der Waals surface area contributed by atoms with Gasteiger partial charge in [-0.25, -0.2) is 0 Å². The summed E-state index contributed by atoms with van der Waals surface area (Å²) in [4.78, 5) is 0. The number of nitrogens with one attached hydrogen (secondary N) is 1. The highest BCUT2D eigenvalue weighted by Gasteiger charge is 2.28. The molecule has 2 aromatic carbocycles. The highest BCUT2D eigenvalue weighted by Crippen LogP contribution is 2.25. The van der Waals surface area contributed by atoms with E-state index in [1.807, 2.05) is 30.3 Å². The van der Waals surface area contributed by atoms with Gasteiger partial charge in [-0.15, -0.1) is 0 Å². The molecule has 0 saturated carbocycles. The van der Waals surface area contributed by atoms with Gasteiger partial charge in [-0.05, 0) is 46.2 Å². The van der Waals surface area contributed by atoms with Crippen LogP contribution in [0.2, 0.25) is 0 Å². The molecule has 2 nitrogen and oxygen atoms in total. The monoisotopic (exact) mass is 381 g/mol. The Morgan fingerprint density at radius 3 is 2.30 bits per heavy atom. The Balaban J connectivity index is 2.20. The highest BCUT2D eigenvalue weighted by atomic mass is 127. The lowest BCUT2D eigenvalue weighted by Crippen LogP contribution is -2.44. The third-order valence-electron chi connectivity index (χ3n) is 3.77. The van der Waals surface area contributed by atoms with E-state index in [0.29, 0.717) is 0 Å². The molecule has 0 heterocycles. The molecule has 0 saturated heterocycles. The largest absolute Gasteiger partial charge is 0.394 e. The van der Waals surface area contributed by atoms with Crippen LogP contribution in [-0.4, -0.2) is 11.7 Å². The number of aliphatic hydroxyl groups excluding tert-OH is 1. The highest BCUT2D eigenvalue weighted by molar-refractivity contribution is 14.1. The Kier molecular flexibility index (Phi) is 5.57. The average Bonchev–Trinajstić information content (AvgIpc) is 2.51. The molecule has 0 aliphatic rings. The van der Waals surface area contributed by atoms with Gasteiger partial charge < -0.3 is 10.4 Å². The molecule has 0 aromatic heterocycles. The lowest BCUT2D eigenvalue weighted by molar-refractivity contribution is 0.153. The van der Waals surface area contributed by atoms with Crippen LogP contribution in [0.1, 0.15) is 24.5 Å². The molecule has 1 atom stereocenters. The van der Waals surface area contributed by atoms with Crippen molar-refractivity contribution in [3.05, 3.63) is 69.3 Å². The van der Waals surface area contributed by atoms with E-state index in [-0.39, 0.29) is 12.1 Å². The minimum Gasteiger partial charge on any atom is -0.394 e. The van der Waals surface area contributed by atoms with Crippen molar-refractivity contribution in [3.8, 4) is 0 Å². The number of rotatable bonds is 6. The molecule has 2 N–H and O–H groups in total. The summed E-state index contributed by atoms with van der Waals surface area (Å²) in [5, 5.41) is 13.5. The third kappa shape index (κ3) is 3.40. The number of benzene rings is 2. The molecule has 2 rings (SSSR count). The van der Waals surface area contributed by atoms with Crippen LogP contribution in [-0.2, 0) is 12.1 Å². The first kappa shape index (κ1) is 15.5. The Morgan fingerprint density at radius 2 is 1.70 bits per heavy atom. The van der Waals surface area contributed by atoms with Gasteiger partial charge in [0.1, 0.15) is 0 Å². The summed E-state index contributed by atoms with van der Waals surface area (Å²) in [7, 11) is 0. The predicted molar refractivity (Wildman–Crippen MR) is 91.5 cm³/mol. The van der Waals surface area contributed by atoms with Gasteiger partial charge >= 0.3 is 0 Å². The molecule has 0 aliphatic carbocycles. The Hall–Kier alpha value is -0.910. The van der Waals surface area contributed by atoms with Crippen molar-refractivity contribution < 1.29 is 5.11 Å². The normalized spacial score (nSPS) is 13.9. The Bertz CT molecular complexity index is 538. The smallest absolute Gasteiger partial charge is 0.0669 e. The lowest BCUT2D eigenvalue weighted by Gasteiger charge is -2.33. The summed E-state index contributed by atoms with van der Waals surface area (Å²) >= 11 is 2.35. The van der Waals surface area contributed by atoms with Crippen LogP contribution >= 0.6 is 22.6 Å². The van der Waals surface area contributed by atoms with E-state index in [4.69, 9.17) is 0 Å². The molecule has 0 spiro atoms. The fourth-order valence-corrected chi connectivity index (χ4v) is 2.93. The lowest BCUT2D eigenvalue weighted by atomic mass is 9.87. The van der Waals surface area contributed by atoms with Crippen molar-refractivity contribution in [1.29, 1.82) is 0 Å². The van der Waals surface area contributed by atoms with E-state index in [9.17, 15) is 5.11 Å². The molecule has 3 heteroatoms. The molecule has 106 valence electrons. The van der Waals surface area contributed by atoms with Gasteiger partial charge in [0.05, 0.1) is 12.1 Å².